The van der Waals surface area contributed by atoms with E-state index < -0.39 is 154 Å². The fourth-order valence-corrected chi connectivity index (χ4v) is 10.4. The number of ether oxygens (including phenoxy) is 1. The zero-order valence-corrected chi connectivity index (χ0v) is 43.2. The number of amides is 7. The van der Waals surface area contributed by atoms with Crippen molar-refractivity contribution in [2.24, 2.45) is 29.4 Å². The van der Waals surface area contributed by atoms with Crippen LogP contribution in [0, 0.1) is 23.7 Å². The van der Waals surface area contributed by atoms with Gasteiger partial charge in [0, 0.05) is 73.8 Å². The number of aromatic amines is 1. The number of nitrogens with one attached hydrogen (secondary N) is 6. The first-order chi connectivity index (χ1) is 34.4. The zero-order chi connectivity index (χ0) is 53.9. The van der Waals surface area contributed by atoms with Crippen LogP contribution >= 0.6 is 19.6 Å². The highest BCUT2D eigenvalue weighted by Crippen LogP contribution is 2.39. The molecule has 24 nitrogen and oxygen atoms in total. The van der Waals surface area contributed by atoms with Crippen LogP contribution in [0.2, 0.25) is 0 Å². The molecule has 2 aromatic rings. The van der Waals surface area contributed by atoms with Crippen molar-refractivity contribution in [1.29, 1.82) is 0 Å². The van der Waals surface area contributed by atoms with Crippen molar-refractivity contribution in [2.75, 3.05) is 32.2 Å². The lowest BCUT2D eigenvalue weighted by Crippen LogP contribution is -2.55. The van der Waals surface area contributed by atoms with E-state index in [0.29, 0.717) is 30.2 Å². The lowest BCUT2D eigenvalue weighted by molar-refractivity contribution is -0.145. The molecular formula is C47H67N8O16PS. The number of Topliss-reactive ketones (excluding diaryl/α,β-unsaturated/α-hetero) is 3. The van der Waals surface area contributed by atoms with Crippen molar-refractivity contribution in [1.82, 2.24) is 36.5 Å². The van der Waals surface area contributed by atoms with Gasteiger partial charge in [-0.15, -0.1) is 11.8 Å². The Morgan fingerprint density at radius 3 is 2.16 bits per heavy atom. The summed E-state index contributed by atoms with van der Waals surface area (Å²) in [6.07, 6.45) is -2.47. The van der Waals surface area contributed by atoms with Gasteiger partial charge in [0.25, 0.3) is 0 Å². The Labute approximate surface area is 425 Å². The minimum atomic E-state index is -5.01. The number of nitrogens with two attached hydrogens (primary N) is 1. The van der Waals surface area contributed by atoms with E-state index in [9.17, 15) is 67.4 Å². The number of aliphatic hydroxyl groups is 1. The van der Waals surface area contributed by atoms with E-state index in [1.165, 1.54) is 6.07 Å². The second kappa shape index (κ2) is 26.0. The van der Waals surface area contributed by atoms with Crippen LogP contribution in [0.25, 0.3) is 10.9 Å². The number of primary amides is 1. The number of hydrogen-bond donors (Lipinski definition) is 10. The van der Waals surface area contributed by atoms with Gasteiger partial charge >= 0.3 is 7.82 Å². The van der Waals surface area contributed by atoms with Crippen LogP contribution in [0.15, 0.2) is 17.2 Å². The SMILES string of the molecule is CCCC(=O)Cc1cc2c3c([nH]c2cc1OCOP(=O)(O)O)SC[C@@H]1NC(=O)CNC(=O)[C@H]([C@@H](C)CC)NC(=O)CNC(=O)[C@@H](CC(=O)[C@H](C(C)CC)NC(=O)[C@@H]2C[C@@H](O)CN2C(=O)[C@H](CC(N)=O)CC1=O)C3. The van der Waals surface area contributed by atoms with E-state index in [-0.39, 0.29) is 65.6 Å². The van der Waals surface area contributed by atoms with E-state index in [0.717, 1.165) is 16.7 Å². The molecule has 3 aliphatic heterocycles. The molecular weight excluding hydrogens is 996 g/mol. The standard InChI is InChI=1S/C47H67N8O16PS/c1-6-9-28(56)10-25-11-30-31-12-26-13-36(59)41(23(4)7-2)54-44(64)34-16-29(57)20-55(34)47(66)27(15-38(48)60)14-35(58)33(21-73-46(31)52-32(30)17-37(25)70-22-71-72(67,68)69)51-39(61)18-50-45(65)42(24(5)8-3)53-40(62)19-49-43(26)63/h11,17,23-24,26-27,29,33-34,41-42,52,57H,6-10,12-16,18-22H2,1-5H3,(H2,48,60)(H,49,63)(H,50,65)(H,51,61)(H,53,62)(H,54,64)(H2,67,68,69)/t23?,24-,26+,27-,29+,33-,34-,41-,42-/m0/s1. The predicted molar refractivity (Wildman–Crippen MR) is 262 cm³/mol. The third kappa shape index (κ3) is 15.9. The Balaban J connectivity index is 1.77. The van der Waals surface area contributed by atoms with Gasteiger partial charge in [-0.05, 0) is 36.3 Å². The van der Waals surface area contributed by atoms with Gasteiger partial charge in [0.1, 0.15) is 23.6 Å². The maximum atomic E-state index is 14.8. The highest BCUT2D eigenvalue weighted by atomic mass is 32.2. The topological polar surface area (TPSA) is 372 Å². The van der Waals surface area contributed by atoms with Crippen LogP contribution in [0.3, 0.4) is 0 Å². The van der Waals surface area contributed by atoms with Crippen molar-refractivity contribution >= 4 is 89.2 Å². The summed E-state index contributed by atoms with van der Waals surface area (Å²) in [7, 11) is -5.01. The number of rotatable bonds is 14. The van der Waals surface area contributed by atoms with Crippen molar-refractivity contribution in [2.45, 2.75) is 134 Å². The number of ketones is 3. The summed E-state index contributed by atoms with van der Waals surface area (Å²) in [5, 5.41) is 24.5. The summed E-state index contributed by atoms with van der Waals surface area (Å²) < 4.78 is 21.8. The molecule has 9 atom stereocenters. The summed E-state index contributed by atoms with van der Waals surface area (Å²) in [5.41, 5.74) is 6.50. The number of phosphoric acid groups is 1. The van der Waals surface area contributed by atoms with Crippen LogP contribution in [0.4, 0.5) is 0 Å². The number of H-pyrrole nitrogens is 1. The first-order valence-electron chi connectivity index (χ1n) is 24.3. The quantitative estimate of drug-likeness (QED) is 0.0876. The van der Waals surface area contributed by atoms with E-state index in [2.05, 4.69) is 36.1 Å². The molecule has 1 unspecified atom stereocenters. The van der Waals surface area contributed by atoms with Crippen LogP contribution < -0.4 is 37.1 Å². The van der Waals surface area contributed by atoms with Crippen LogP contribution in [0.5, 0.6) is 5.75 Å². The number of benzene rings is 1. The molecule has 402 valence electrons. The number of carbonyl (C=O) groups is 10. The molecule has 4 heterocycles. The fourth-order valence-electron chi connectivity index (χ4n) is 9.09. The molecule has 3 aliphatic rings. The summed E-state index contributed by atoms with van der Waals surface area (Å²) >= 11 is 0.970. The Morgan fingerprint density at radius 2 is 1.52 bits per heavy atom. The molecule has 7 amide bonds. The van der Waals surface area contributed by atoms with Gasteiger partial charge < -0.3 is 61.8 Å². The number of thioether (sulfide) groups is 1. The molecule has 2 bridgehead atoms. The lowest BCUT2D eigenvalue weighted by atomic mass is 9.86. The summed E-state index contributed by atoms with van der Waals surface area (Å²) in [4.78, 5) is 162. The average Bonchev–Trinajstić information content (AvgIpc) is 3.88. The monoisotopic (exact) mass is 1060 g/mol. The number of aliphatic hydroxyl groups excluding tert-OH is 1. The molecule has 11 N–H and O–H groups in total. The Bertz CT molecular complexity index is 2500. The molecule has 0 radical (unpaired) electrons. The minimum absolute atomic E-state index is 0.00957. The third-order valence-electron chi connectivity index (χ3n) is 13.4. The van der Waals surface area contributed by atoms with Gasteiger partial charge in [-0.3, -0.25) is 47.9 Å². The van der Waals surface area contributed by atoms with Gasteiger partial charge in [-0.25, -0.2) is 9.09 Å². The molecule has 5 rings (SSSR count). The van der Waals surface area contributed by atoms with Crippen LogP contribution in [0.1, 0.15) is 97.1 Å². The first kappa shape index (κ1) is 58.2. The van der Waals surface area contributed by atoms with Gasteiger partial charge in [0.15, 0.2) is 18.4 Å². The van der Waals surface area contributed by atoms with Crippen LogP contribution in [-0.2, 0) is 69.9 Å². The molecule has 1 aromatic heterocycles. The number of phosphoric ester groups is 1. The lowest BCUT2D eigenvalue weighted by Gasteiger charge is -2.31. The predicted octanol–water partition coefficient (Wildman–Crippen LogP) is -0.0460. The number of carbonyl (C=O) groups excluding carboxylic acids is 10. The van der Waals surface area contributed by atoms with Gasteiger partial charge in [-0.2, -0.15) is 0 Å². The molecule has 1 aromatic carbocycles. The fraction of sp³-hybridized carbons (Fsp3) is 0.617. The zero-order valence-electron chi connectivity index (χ0n) is 41.5. The maximum absolute atomic E-state index is 14.8. The number of fused-ring (bicyclic) bond motifs is 5. The molecule has 0 aliphatic carbocycles. The smallest absolute Gasteiger partial charge is 0.467 e. The highest BCUT2D eigenvalue weighted by Gasteiger charge is 2.44. The second-order valence-corrected chi connectivity index (χ2v) is 21.2. The summed E-state index contributed by atoms with van der Waals surface area (Å²) in [6, 6.07) is -2.29. The number of aromatic nitrogens is 1. The van der Waals surface area contributed by atoms with Gasteiger partial charge in [-0.1, -0.05) is 47.5 Å². The average molecular weight is 1060 g/mol. The third-order valence-corrected chi connectivity index (χ3v) is 15.0. The molecule has 0 saturated carbocycles. The minimum Gasteiger partial charge on any atom is -0.467 e. The highest BCUT2D eigenvalue weighted by molar-refractivity contribution is 7.99. The van der Waals surface area contributed by atoms with Crippen molar-refractivity contribution in [3.05, 3.63) is 23.3 Å². The van der Waals surface area contributed by atoms with Crippen molar-refractivity contribution < 1.29 is 76.7 Å². The molecule has 1 saturated heterocycles. The van der Waals surface area contributed by atoms with Crippen molar-refractivity contribution in [3.63, 3.8) is 0 Å². The maximum Gasteiger partial charge on any atom is 0.472 e. The Morgan fingerprint density at radius 1 is 0.863 bits per heavy atom. The van der Waals surface area contributed by atoms with Crippen LogP contribution in [-0.4, -0.2) is 146 Å². The molecule has 73 heavy (non-hydrogen) atoms. The second-order valence-electron chi connectivity index (χ2n) is 19.0. The summed E-state index contributed by atoms with van der Waals surface area (Å²) in [6.45, 7) is 6.11. The Hall–Kier alpha value is -5.72. The molecule has 26 heteroatoms. The van der Waals surface area contributed by atoms with Crippen molar-refractivity contribution in [3.8, 4) is 5.75 Å². The molecule has 0 spiro atoms. The normalized spacial score (nSPS) is 25.4. The molecule has 1 fully saturated rings. The first-order valence-corrected chi connectivity index (χ1v) is 26.9. The van der Waals surface area contributed by atoms with Gasteiger partial charge in [0.2, 0.25) is 41.4 Å². The number of nitrogens with zero attached hydrogens (tertiary/aromatic N) is 1. The van der Waals surface area contributed by atoms with E-state index in [1.807, 2.05) is 0 Å². The van der Waals surface area contributed by atoms with Gasteiger partial charge in [0.05, 0.1) is 47.7 Å². The van der Waals surface area contributed by atoms with E-state index in [4.69, 9.17) is 10.5 Å². The summed E-state index contributed by atoms with van der Waals surface area (Å²) in [5.74, 6) is -11.6. The number of hydrogen-bond acceptors (Lipinski definition) is 15. The largest absolute Gasteiger partial charge is 0.472 e. The van der Waals surface area contributed by atoms with E-state index in [1.54, 1.807) is 40.7 Å². The Kier molecular flexibility index (Phi) is 20.7. The van der Waals surface area contributed by atoms with E-state index >= 15 is 0 Å².